The molecule has 0 bridgehead atoms. The lowest BCUT2D eigenvalue weighted by molar-refractivity contribution is -0.121. The maximum absolute atomic E-state index is 11.0. The molecule has 4 N–H and O–H groups in total. The molecule has 0 aliphatic carbocycles. The molecular formula is C11H21N3O2. The van der Waals surface area contributed by atoms with E-state index < -0.39 is 5.60 Å². The van der Waals surface area contributed by atoms with Gasteiger partial charge in [-0.05, 0) is 38.9 Å². The number of primary amides is 1. The van der Waals surface area contributed by atoms with Crippen molar-refractivity contribution >= 4 is 5.91 Å². The first kappa shape index (κ1) is 11.8. The van der Waals surface area contributed by atoms with E-state index in [9.17, 15) is 9.90 Å². The average molecular weight is 227 g/mol. The molecule has 0 spiro atoms. The molecule has 2 rings (SSSR count). The molecule has 5 nitrogen and oxygen atoms in total. The number of hydrogen-bond acceptors (Lipinski definition) is 4. The average Bonchev–Trinajstić information content (AvgIpc) is 2.66. The van der Waals surface area contributed by atoms with E-state index in [4.69, 9.17) is 5.73 Å². The quantitative estimate of drug-likeness (QED) is 0.572. The fraction of sp³-hybridized carbons (Fsp3) is 0.909. The lowest BCUT2D eigenvalue weighted by Gasteiger charge is -2.35. The van der Waals surface area contributed by atoms with Crippen molar-refractivity contribution in [3.63, 3.8) is 0 Å². The van der Waals surface area contributed by atoms with Crippen molar-refractivity contribution in [1.29, 1.82) is 0 Å². The number of nitrogens with one attached hydrogen (secondary N) is 1. The SMILES string of the molecule is NC(=O)C1CCN(CC2(O)CCNCC2)C1. The molecule has 2 aliphatic rings. The van der Waals surface area contributed by atoms with Crippen LogP contribution in [-0.4, -0.2) is 54.2 Å². The first-order valence-corrected chi connectivity index (χ1v) is 6.04. The van der Waals surface area contributed by atoms with Crippen molar-refractivity contribution in [3.05, 3.63) is 0 Å². The summed E-state index contributed by atoms with van der Waals surface area (Å²) in [6.07, 6.45) is 2.43. The van der Waals surface area contributed by atoms with Gasteiger partial charge in [0.15, 0.2) is 0 Å². The van der Waals surface area contributed by atoms with Crippen molar-refractivity contribution in [1.82, 2.24) is 10.2 Å². The number of likely N-dealkylation sites (tertiary alicyclic amines) is 1. The van der Waals surface area contributed by atoms with E-state index in [0.717, 1.165) is 38.9 Å². The minimum atomic E-state index is -0.572. The Morgan fingerprint density at radius 1 is 1.50 bits per heavy atom. The number of carbonyl (C=O) groups excluding carboxylic acids is 1. The predicted octanol–water partition coefficient (Wildman–Crippen LogP) is -1.09. The zero-order valence-electron chi connectivity index (χ0n) is 9.61. The minimum Gasteiger partial charge on any atom is -0.388 e. The van der Waals surface area contributed by atoms with Crippen LogP contribution in [0.25, 0.3) is 0 Å². The second-order valence-corrected chi connectivity index (χ2v) is 5.10. The monoisotopic (exact) mass is 227 g/mol. The van der Waals surface area contributed by atoms with Crippen LogP contribution in [0.3, 0.4) is 0 Å². The van der Waals surface area contributed by atoms with Gasteiger partial charge < -0.3 is 16.2 Å². The second kappa shape index (κ2) is 4.69. The van der Waals surface area contributed by atoms with Crippen LogP contribution in [0.15, 0.2) is 0 Å². The maximum atomic E-state index is 11.0. The first-order valence-electron chi connectivity index (χ1n) is 6.04. The summed E-state index contributed by atoms with van der Waals surface area (Å²) < 4.78 is 0. The second-order valence-electron chi connectivity index (χ2n) is 5.10. The predicted molar refractivity (Wildman–Crippen MR) is 60.8 cm³/mol. The topological polar surface area (TPSA) is 78.6 Å². The molecule has 0 aromatic carbocycles. The van der Waals surface area contributed by atoms with Crippen LogP contribution >= 0.6 is 0 Å². The van der Waals surface area contributed by atoms with Gasteiger partial charge in [-0.3, -0.25) is 9.69 Å². The van der Waals surface area contributed by atoms with Crippen molar-refractivity contribution in [2.75, 3.05) is 32.7 Å². The highest BCUT2D eigenvalue weighted by Gasteiger charge is 2.35. The lowest BCUT2D eigenvalue weighted by Crippen LogP contribution is -2.49. The molecule has 2 aliphatic heterocycles. The Labute approximate surface area is 96.0 Å². The third-order valence-corrected chi connectivity index (χ3v) is 3.73. The number of hydrogen-bond donors (Lipinski definition) is 3. The Kier molecular flexibility index (Phi) is 3.47. The van der Waals surface area contributed by atoms with E-state index in [0.29, 0.717) is 13.1 Å². The minimum absolute atomic E-state index is 0.0229. The summed E-state index contributed by atoms with van der Waals surface area (Å²) in [6.45, 7) is 4.03. The zero-order chi connectivity index (χ0) is 11.6. The molecule has 1 unspecified atom stereocenters. The third kappa shape index (κ3) is 2.72. The van der Waals surface area contributed by atoms with Crippen LogP contribution < -0.4 is 11.1 Å². The van der Waals surface area contributed by atoms with E-state index in [2.05, 4.69) is 10.2 Å². The van der Waals surface area contributed by atoms with Crippen LogP contribution in [0.4, 0.5) is 0 Å². The molecule has 2 heterocycles. The molecule has 2 saturated heterocycles. The molecule has 92 valence electrons. The fourth-order valence-electron chi connectivity index (χ4n) is 2.67. The Hall–Kier alpha value is -0.650. The molecule has 0 aromatic rings. The molecule has 2 fully saturated rings. The van der Waals surface area contributed by atoms with Crippen molar-refractivity contribution in [2.45, 2.75) is 24.9 Å². The van der Waals surface area contributed by atoms with Gasteiger partial charge in [0.2, 0.25) is 5.91 Å². The normalized spacial score (nSPS) is 30.4. The Morgan fingerprint density at radius 2 is 2.19 bits per heavy atom. The Bertz CT molecular complexity index is 264. The van der Waals surface area contributed by atoms with Gasteiger partial charge in [-0.25, -0.2) is 0 Å². The largest absolute Gasteiger partial charge is 0.388 e. The first-order chi connectivity index (χ1) is 7.59. The standard InChI is InChI=1S/C11H21N3O2/c12-10(15)9-1-6-14(7-9)8-11(16)2-4-13-5-3-11/h9,13,16H,1-8H2,(H2,12,15). The van der Waals surface area contributed by atoms with Gasteiger partial charge in [-0.2, -0.15) is 0 Å². The molecule has 0 aromatic heterocycles. The summed E-state index contributed by atoms with van der Waals surface area (Å²) in [5.74, 6) is -0.231. The number of nitrogens with two attached hydrogens (primary N) is 1. The van der Waals surface area contributed by atoms with Gasteiger partial charge in [0.05, 0.1) is 11.5 Å². The highest BCUT2D eigenvalue weighted by molar-refractivity contribution is 5.77. The van der Waals surface area contributed by atoms with Gasteiger partial charge in [0.1, 0.15) is 0 Å². The van der Waals surface area contributed by atoms with Crippen molar-refractivity contribution < 1.29 is 9.90 Å². The number of β-amino-alcohol motifs (C(OH)–C–C–N with tert-alkyl or cyclic N) is 1. The van der Waals surface area contributed by atoms with E-state index in [1.807, 2.05) is 0 Å². The molecule has 16 heavy (non-hydrogen) atoms. The van der Waals surface area contributed by atoms with Crippen molar-refractivity contribution in [2.24, 2.45) is 11.7 Å². The highest BCUT2D eigenvalue weighted by Crippen LogP contribution is 2.23. The van der Waals surface area contributed by atoms with Gasteiger partial charge >= 0.3 is 0 Å². The number of carbonyl (C=O) groups is 1. The summed E-state index contributed by atoms with van der Waals surface area (Å²) in [4.78, 5) is 13.2. The van der Waals surface area contributed by atoms with Crippen LogP contribution in [0.2, 0.25) is 0 Å². The van der Waals surface area contributed by atoms with Gasteiger partial charge in [0, 0.05) is 13.1 Å². The van der Waals surface area contributed by atoms with Crippen LogP contribution in [0.1, 0.15) is 19.3 Å². The zero-order valence-corrected chi connectivity index (χ0v) is 9.61. The van der Waals surface area contributed by atoms with Gasteiger partial charge in [-0.15, -0.1) is 0 Å². The van der Waals surface area contributed by atoms with E-state index >= 15 is 0 Å². The molecule has 0 saturated carbocycles. The maximum Gasteiger partial charge on any atom is 0.221 e. The number of amides is 1. The van der Waals surface area contributed by atoms with E-state index in [1.165, 1.54) is 0 Å². The molecule has 5 heteroatoms. The summed E-state index contributed by atoms with van der Waals surface area (Å²) in [7, 11) is 0. The van der Waals surface area contributed by atoms with E-state index in [1.54, 1.807) is 0 Å². The molecule has 0 radical (unpaired) electrons. The smallest absolute Gasteiger partial charge is 0.221 e. The van der Waals surface area contributed by atoms with E-state index in [-0.39, 0.29) is 11.8 Å². The number of piperidine rings is 1. The summed E-state index contributed by atoms with van der Waals surface area (Å²) in [5, 5.41) is 13.6. The van der Waals surface area contributed by atoms with Gasteiger partial charge in [0.25, 0.3) is 0 Å². The summed E-state index contributed by atoms with van der Waals surface area (Å²) >= 11 is 0. The number of nitrogens with zero attached hydrogens (tertiary/aromatic N) is 1. The lowest BCUT2D eigenvalue weighted by atomic mass is 9.92. The van der Waals surface area contributed by atoms with Gasteiger partial charge in [-0.1, -0.05) is 0 Å². The molecule has 1 atom stereocenters. The number of rotatable bonds is 3. The van der Waals surface area contributed by atoms with Crippen molar-refractivity contribution in [3.8, 4) is 0 Å². The fourth-order valence-corrected chi connectivity index (χ4v) is 2.67. The molecular weight excluding hydrogens is 206 g/mol. The van der Waals surface area contributed by atoms with Crippen LogP contribution in [0.5, 0.6) is 0 Å². The molecule has 1 amide bonds. The summed E-state index contributed by atoms with van der Waals surface area (Å²) in [6, 6.07) is 0. The van der Waals surface area contributed by atoms with Crippen LogP contribution in [0, 0.1) is 5.92 Å². The van der Waals surface area contributed by atoms with Crippen LogP contribution in [-0.2, 0) is 4.79 Å². The Balaban J connectivity index is 1.84. The third-order valence-electron chi connectivity index (χ3n) is 3.73. The number of aliphatic hydroxyl groups is 1. The highest BCUT2D eigenvalue weighted by atomic mass is 16.3. The Morgan fingerprint density at radius 3 is 2.75 bits per heavy atom. The summed E-state index contributed by atoms with van der Waals surface area (Å²) in [5.41, 5.74) is 4.72.